The molecule has 3 aromatic heterocycles. The normalized spacial score (nSPS) is 11.4. The summed E-state index contributed by atoms with van der Waals surface area (Å²) in [6.07, 6.45) is -4.80. The van der Waals surface area contributed by atoms with E-state index in [0.717, 1.165) is 27.5 Å². The first-order valence-electron chi connectivity index (χ1n) is 22.0. The predicted octanol–water partition coefficient (Wildman–Crippen LogP) is 14.8. The SMILES string of the molecule is N#Cc1ccc(-c2ccc3c(c2)c2ccccc2n3-c2c(-c3cc(-c4ccccc4)nc(-c4ccccc4)n3)cc(C(F)(F)F)cc2-c2cc(-c3ccccc3)nc(-c3ccccc3)n2)c(C#N)c1. The topological polar surface area (TPSA) is 104 Å². The van der Waals surface area contributed by atoms with Crippen LogP contribution in [0, 0.1) is 22.7 Å². The van der Waals surface area contributed by atoms with Crippen molar-refractivity contribution in [2.45, 2.75) is 6.18 Å². The summed E-state index contributed by atoms with van der Waals surface area (Å²) in [4.78, 5) is 20.2. The molecule has 0 aliphatic carbocycles. The van der Waals surface area contributed by atoms with E-state index in [4.69, 9.17) is 19.9 Å². The monoisotopic (exact) mass is 897 g/mol. The van der Waals surface area contributed by atoms with Crippen molar-refractivity contribution in [3.05, 3.63) is 223 Å². The van der Waals surface area contributed by atoms with Gasteiger partial charge in [-0.05, 0) is 65.7 Å². The van der Waals surface area contributed by atoms with Gasteiger partial charge in [0.1, 0.15) is 0 Å². The van der Waals surface area contributed by atoms with Crippen LogP contribution in [-0.4, -0.2) is 24.5 Å². The van der Waals surface area contributed by atoms with Crippen molar-refractivity contribution in [1.29, 1.82) is 10.5 Å². The van der Waals surface area contributed by atoms with Crippen molar-refractivity contribution < 1.29 is 13.2 Å². The summed E-state index contributed by atoms with van der Waals surface area (Å²) in [7, 11) is 0. The van der Waals surface area contributed by atoms with E-state index in [9.17, 15) is 10.5 Å². The summed E-state index contributed by atoms with van der Waals surface area (Å²) >= 11 is 0. The number of nitriles is 2. The summed E-state index contributed by atoms with van der Waals surface area (Å²) in [5.41, 5.74) is 7.74. The van der Waals surface area contributed by atoms with E-state index in [1.54, 1.807) is 30.3 Å². The molecule has 0 radical (unpaired) electrons. The standard InChI is InChI=1S/C59H34F3N7/c60-59(61,62)44-31-48(52-33-50(38-15-5-1-6-16-38)65-57(67-52)40-19-9-3-10-20-40)56(49(32-44)53-34-51(39-17-7-2-8-18-39)66-58(68-53)41-21-11-4-12-22-41)69-54-24-14-13-23-46(54)47-30-42(26-28-55(47)69)45-27-25-37(35-63)29-43(45)36-64/h1-34H. The van der Waals surface area contributed by atoms with Gasteiger partial charge >= 0.3 is 6.18 Å². The predicted molar refractivity (Wildman–Crippen MR) is 264 cm³/mol. The first-order chi connectivity index (χ1) is 33.7. The van der Waals surface area contributed by atoms with Crippen LogP contribution in [0.2, 0.25) is 0 Å². The smallest absolute Gasteiger partial charge is 0.308 e. The Balaban J connectivity index is 1.29. The number of hydrogen-bond donors (Lipinski definition) is 0. The maximum atomic E-state index is 15.7. The van der Waals surface area contributed by atoms with E-state index in [0.29, 0.717) is 67.6 Å². The highest BCUT2D eigenvalue weighted by Gasteiger charge is 2.35. The van der Waals surface area contributed by atoms with Crippen LogP contribution in [0.4, 0.5) is 13.2 Å². The Kier molecular flexibility index (Phi) is 10.6. The number of hydrogen-bond acceptors (Lipinski definition) is 6. The average molecular weight is 898 g/mol. The van der Waals surface area contributed by atoms with Crippen molar-refractivity contribution in [3.63, 3.8) is 0 Å². The molecular formula is C59H34F3N7. The lowest BCUT2D eigenvalue weighted by Crippen LogP contribution is -2.10. The second-order valence-corrected chi connectivity index (χ2v) is 16.4. The van der Waals surface area contributed by atoms with E-state index in [1.165, 1.54) is 12.1 Å². The molecule has 0 aliphatic rings. The van der Waals surface area contributed by atoms with Crippen LogP contribution in [0.3, 0.4) is 0 Å². The van der Waals surface area contributed by atoms with Crippen LogP contribution < -0.4 is 0 Å². The molecule has 11 rings (SSSR count). The first-order valence-corrected chi connectivity index (χ1v) is 22.0. The number of alkyl halides is 3. The van der Waals surface area contributed by atoms with Crippen LogP contribution in [0.15, 0.2) is 206 Å². The zero-order valence-electron chi connectivity index (χ0n) is 36.4. The number of halogens is 3. The van der Waals surface area contributed by atoms with Gasteiger partial charge in [0.25, 0.3) is 0 Å². The molecule has 0 unspecified atom stereocenters. The Morgan fingerprint density at radius 1 is 0.391 bits per heavy atom. The van der Waals surface area contributed by atoms with Gasteiger partial charge < -0.3 is 4.57 Å². The summed E-state index contributed by atoms with van der Waals surface area (Å²) in [5.74, 6) is 0.665. The van der Waals surface area contributed by atoms with Gasteiger partial charge in [-0.3, -0.25) is 0 Å². The molecule has 0 bridgehead atoms. The lowest BCUT2D eigenvalue weighted by molar-refractivity contribution is -0.137. The van der Waals surface area contributed by atoms with E-state index < -0.39 is 11.7 Å². The van der Waals surface area contributed by atoms with Crippen LogP contribution >= 0.6 is 0 Å². The Morgan fingerprint density at radius 3 is 1.38 bits per heavy atom. The molecule has 8 aromatic carbocycles. The third kappa shape index (κ3) is 7.92. The molecule has 0 N–H and O–H groups in total. The summed E-state index contributed by atoms with van der Waals surface area (Å²) < 4.78 is 49.2. The Hall–Kier alpha value is -9.51. The average Bonchev–Trinajstić information content (AvgIpc) is 3.74. The third-order valence-electron chi connectivity index (χ3n) is 12.1. The van der Waals surface area contributed by atoms with Gasteiger partial charge in [-0.25, -0.2) is 19.9 Å². The molecule has 11 aromatic rings. The summed E-state index contributed by atoms with van der Waals surface area (Å²) in [5, 5.41) is 21.4. The fraction of sp³-hybridized carbons (Fsp3) is 0.0169. The molecule has 0 atom stereocenters. The number of nitrogens with zero attached hydrogens (tertiary/aromatic N) is 7. The van der Waals surface area contributed by atoms with E-state index in [1.807, 2.05) is 168 Å². The molecule has 0 saturated carbocycles. The minimum absolute atomic E-state index is 0.184. The molecular weight excluding hydrogens is 864 g/mol. The van der Waals surface area contributed by atoms with Gasteiger partial charge in [-0.1, -0.05) is 152 Å². The summed E-state index contributed by atoms with van der Waals surface area (Å²) in [6, 6.07) is 66.5. The lowest BCUT2D eigenvalue weighted by atomic mass is 9.95. The zero-order chi connectivity index (χ0) is 47.1. The summed E-state index contributed by atoms with van der Waals surface area (Å²) in [6.45, 7) is 0. The molecule has 69 heavy (non-hydrogen) atoms. The molecule has 10 heteroatoms. The van der Waals surface area contributed by atoms with Gasteiger partial charge in [-0.2, -0.15) is 23.7 Å². The third-order valence-corrected chi connectivity index (χ3v) is 12.1. The van der Waals surface area contributed by atoms with Crippen molar-refractivity contribution in [1.82, 2.24) is 24.5 Å². The fourth-order valence-corrected chi connectivity index (χ4v) is 8.89. The lowest BCUT2D eigenvalue weighted by Gasteiger charge is -2.22. The van der Waals surface area contributed by atoms with Crippen LogP contribution in [0.1, 0.15) is 16.7 Å². The highest BCUT2D eigenvalue weighted by Crippen LogP contribution is 2.46. The number of fused-ring (bicyclic) bond motifs is 3. The minimum atomic E-state index is -4.80. The molecule has 3 heterocycles. The number of para-hydroxylation sites is 1. The zero-order valence-corrected chi connectivity index (χ0v) is 36.4. The second-order valence-electron chi connectivity index (χ2n) is 16.4. The first kappa shape index (κ1) is 42.1. The van der Waals surface area contributed by atoms with Crippen molar-refractivity contribution in [2.24, 2.45) is 0 Å². The Bertz CT molecular complexity index is 3580. The van der Waals surface area contributed by atoms with E-state index in [-0.39, 0.29) is 22.5 Å². The highest BCUT2D eigenvalue weighted by atomic mass is 19.4. The van der Waals surface area contributed by atoms with Crippen molar-refractivity contribution in [2.75, 3.05) is 0 Å². The largest absolute Gasteiger partial charge is 0.416 e. The second kappa shape index (κ2) is 17.4. The Morgan fingerprint density at radius 2 is 0.870 bits per heavy atom. The van der Waals surface area contributed by atoms with Crippen LogP contribution in [0.5, 0.6) is 0 Å². The van der Waals surface area contributed by atoms with Gasteiger partial charge in [0.2, 0.25) is 0 Å². The molecule has 0 aliphatic heterocycles. The van der Waals surface area contributed by atoms with Crippen LogP contribution in [-0.2, 0) is 6.18 Å². The number of benzene rings is 8. The molecule has 0 spiro atoms. The molecule has 0 amide bonds. The quantitative estimate of drug-likeness (QED) is 0.150. The maximum absolute atomic E-state index is 15.7. The molecule has 0 saturated heterocycles. The van der Waals surface area contributed by atoms with E-state index >= 15 is 13.2 Å². The van der Waals surface area contributed by atoms with Crippen molar-refractivity contribution >= 4 is 21.8 Å². The van der Waals surface area contributed by atoms with Crippen molar-refractivity contribution in [3.8, 4) is 96.8 Å². The van der Waals surface area contributed by atoms with E-state index in [2.05, 4.69) is 12.1 Å². The highest BCUT2D eigenvalue weighted by molar-refractivity contribution is 6.12. The Labute approximate surface area is 394 Å². The maximum Gasteiger partial charge on any atom is 0.416 e. The number of aromatic nitrogens is 5. The van der Waals surface area contributed by atoms with Gasteiger partial charge in [0, 0.05) is 44.2 Å². The molecule has 0 fully saturated rings. The van der Waals surface area contributed by atoms with Gasteiger partial charge in [0.05, 0.1) is 68.3 Å². The minimum Gasteiger partial charge on any atom is -0.308 e. The fourth-order valence-electron chi connectivity index (χ4n) is 8.89. The van der Waals surface area contributed by atoms with Gasteiger partial charge in [0.15, 0.2) is 11.6 Å². The van der Waals surface area contributed by atoms with Gasteiger partial charge in [-0.15, -0.1) is 0 Å². The molecule has 7 nitrogen and oxygen atoms in total. The molecule has 326 valence electrons. The number of rotatable bonds is 8. The van der Waals surface area contributed by atoms with Crippen LogP contribution in [0.25, 0.3) is 106 Å².